The largest absolute Gasteiger partial charge is 0.497 e. The standard InChI is InChI=1S/C20H19F2N3O2S/c1-3-11-25-18(15-7-9-16(10-8-15)27-19(21)22)23-24-20(25)28-13-14-5-4-6-17(12-14)26-2/h3-10,12,19H,1,11,13H2,2H3. The Balaban J connectivity index is 1.80. The van der Waals surface area contributed by atoms with Crippen molar-refractivity contribution in [2.45, 2.75) is 24.1 Å². The molecule has 0 radical (unpaired) electrons. The lowest BCUT2D eigenvalue weighted by atomic mass is 10.2. The molecule has 0 aliphatic rings. The number of hydrogen-bond donors (Lipinski definition) is 0. The molecule has 3 aromatic rings. The SMILES string of the molecule is C=CCn1c(SCc2cccc(OC)c2)nnc1-c1ccc(OC(F)F)cc1. The van der Waals surface area contributed by atoms with Gasteiger partial charge < -0.3 is 9.47 Å². The Kier molecular flexibility index (Phi) is 6.65. The minimum atomic E-state index is -2.85. The van der Waals surface area contributed by atoms with Gasteiger partial charge in [0.2, 0.25) is 0 Å². The molecule has 0 fully saturated rings. The second-order valence-electron chi connectivity index (χ2n) is 5.75. The van der Waals surface area contributed by atoms with Gasteiger partial charge in [-0.1, -0.05) is 30.0 Å². The predicted molar refractivity (Wildman–Crippen MR) is 105 cm³/mol. The first-order valence-electron chi connectivity index (χ1n) is 8.45. The van der Waals surface area contributed by atoms with Crippen molar-refractivity contribution in [3.8, 4) is 22.9 Å². The Morgan fingerprint density at radius 3 is 2.61 bits per heavy atom. The molecule has 0 aliphatic heterocycles. The molecule has 146 valence electrons. The lowest BCUT2D eigenvalue weighted by Crippen LogP contribution is -2.02. The molecule has 1 heterocycles. The zero-order chi connectivity index (χ0) is 19.9. The molecule has 0 amide bonds. The minimum absolute atomic E-state index is 0.0983. The molecule has 28 heavy (non-hydrogen) atoms. The van der Waals surface area contributed by atoms with E-state index < -0.39 is 6.61 Å². The van der Waals surface area contributed by atoms with E-state index in [0.29, 0.717) is 18.1 Å². The van der Waals surface area contributed by atoms with Gasteiger partial charge in [0.05, 0.1) is 7.11 Å². The van der Waals surface area contributed by atoms with Crippen LogP contribution in [0.5, 0.6) is 11.5 Å². The summed E-state index contributed by atoms with van der Waals surface area (Å²) in [5.74, 6) is 2.24. The maximum atomic E-state index is 12.3. The van der Waals surface area contributed by atoms with Gasteiger partial charge in [-0.2, -0.15) is 8.78 Å². The molecule has 1 aromatic heterocycles. The number of aromatic nitrogens is 3. The van der Waals surface area contributed by atoms with E-state index in [1.54, 1.807) is 37.1 Å². The van der Waals surface area contributed by atoms with Crippen LogP contribution in [0.3, 0.4) is 0 Å². The third-order valence-corrected chi connectivity index (χ3v) is 4.91. The van der Waals surface area contributed by atoms with Gasteiger partial charge in [0.1, 0.15) is 11.5 Å². The van der Waals surface area contributed by atoms with Crippen LogP contribution in [0.1, 0.15) is 5.56 Å². The fourth-order valence-corrected chi connectivity index (χ4v) is 3.49. The number of hydrogen-bond acceptors (Lipinski definition) is 5. The average Bonchev–Trinajstić information content (AvgIpc) is 3.09. The Morgan fingerprint density at radius 2 is 1.93 bits per heavy atom. The van der Waals surface area contributed by atoms with Crippen molar-refractivity contribution in [2.75, 3.05) is 7.11 Å². The highest BCUT2D eigenvalue weighted by molar-refractivity contribution is 7.98. The molecule has 0 N–H and O–H groups in total. The summed E-state index contributed by atoms with van der Waals surface area (Å²) in [6.45, 7) is 1.47. The molecule has 0 unspecified atom stereocenters. The van der Waals surface area contributed by atoms with Gasteiger partial charge in [-0.15, -0.1) is 16.8 Å². The number of ether oxygens (including phenoxy) is 2. The fourth-order valence-electron chi connectivity index (χ4n) is 2.60. The van der Waals surface area contributed by atoms with Crippen molar-refractivity contribution >= 4 is 11.8 Å². The Labute approximate surface area is 166 Å². The zero-order valence-electron chi connectivity index (χ0n) is 15.2. The highest BCUT2D eigenvalue weighted by Crippen LogP contribution is 2.28. The summed E-state index contributed by atoms with van der Waals surface area (Å²) in [5.41, 5.74) is 1.86. The van der Waals surface area contributed by atoms with E-state index in [1.807, 2.05) is 28.8 Å². The van der Waals surface area contributed by atoms with Gasteiger partial charge in [-0.3, -0.25) is 4.57 Å². The van der Waals surface area contributed by atoms with Gasteiger partial charge >= 0.3 is 6.61 Å². The lowest BCUT2D eigenvalue weighted by Gasteiger charge is -2.09. The third kappa shape index (κ3) is 4.89. The maximum Gasteiger partial charge on any atom is 0.387 e. The lowest BCUT2D eigenvalue weighted by molar-refractivity contribution is -0.0498. The van der Waals surface area contributed by atoms with Crippen molar-refractivity contribution in [3.63, 3.8) is 0 Å². The van der Waals surface area contributed by atoms with Crippen LogP contribution in [-0.2, 0) is 12.3 Å². The van der Waals surface area contributed by atoms with Crippen molar-refractivity contribution < 1.29 is 18.3 Å². The number of nitrogens with zero attached hydrogens (tertiary/aromatic N) is 3. The van der Waals surface area contributed by atoms with Gasteiger partial charge in [0.25, 0.3) is 0 Å². The first-order chi connectivity index (χ1) is 13.6. The predicted octanol–water partition coefficient (Wildman–Crippen LogP) is 5.03. The number of methoxy groups -OCH3 is 1. The maximum absolute atomic E-state index is 12.3. The van der Waals surface area contributed by atoms with E-state index in [-0.39, 0.29) is 5.75 Å². The molecule has 2 aromatic carbocycles. The summed E-state index contributed by atoms with van der Waals surface area (Å²) in [5, 5.41) is 9.30. The van der Waals surface area contributed by atoms with Crippen LogP contribution in [0.4, 0.5) is 8.78 Å². The van der Waals surface area contributed by atoms with Gasteiger partial charge in [0, 0.05) is 17.9 Å². The van der Waals surface area contributed by atoms with Crippen LogP contribution in [0.15, 0.2) is 66.3 Å². The van der Waals surface area contributed by atoms with E-state index in [9.17, 15) is 8.78 Å². The van der Waals surface area contributed by atoms with E-state index in [1.165, 1.54) is 12.1 Å². The summed E-state index contributed by atoms with van der Waals surface area (Å²) >= 11 is 1.55. The number of alkyl halides is 2. The van der Waals surface area contributed by atoms with Crippen molar-refractivity contribution in [2.24, 2.45) is 0 Å². The van der Waals surface area contributed by atoms with Crippen molar-refractivity contribution in [1.82, 2.24) is 14.8 Å². The molecule has 5 nitrogen and oxygen atoms in total. The number of benzene rings is 2. The van der Waals surface area contributed by atoms with Crippen LogP contribution >= 0.6 is 11.8 Å². The molecular formula is C20H19F2N3O2S. The molecule has 0 saturated carbocycles. The summed E-state index contributed by atoms with van der Waals surface area (Å²) in [6.07, 6.45) is 1.76. The van der Waals surface area contributed by atoms with E-state index in [0.717, 1.165) is 22.0 Å². The molecular weight excluding hydrogens is 384 g/mol. The van der Waals surface area contributed by atoms with Gasteiger partial charge in [0.15, 0.2) is 11.0 Å². The fraction of sp³-hybridized carbons (Fsp3) is 0.200. The molecule has 0 aliphatic carbocycles. The van der Waals surface area contributed by atoms with Crippen molar-refractivity contribution in [3.05, 3.63) is 66.7 Å². The zero-order valence-corrected chi connectivity index (χ0v) is 16.0. The first-order valence-corrected chi connectivity index (χ1v) is 9.44. The Bertz CT molecular complexity index is 929. The number of rotatable bonds is 9. The molecule has 0 saturated heterocycles. The molecule has 0 bridgehead atoms. The van der Waals surface area contributed by atoms with Crippen LogP contribution in [0.25, 0.3) is 11.4 Å². The van der Waals surface area contributed by atoms with Crippen molar-refractivity contribution in [1.29, 1.82) is 0 Å². The topological polar surface area (TPSA) is 49.2 Å². The normalized spacial score (nSPS) is 10.9. The number of thioether (sulfide) groups is 1. The Morgan fingerprint density at radius 1 is 1.14 bits per heavy atom. The smallest absolute Gasteiger partial charge is 0.387 e. The first kappa shape index (κ1) is 19.9. The highest BCUT2D eigenvalue weighted by atomic mass is 32.2. The van der Waals surface area contributed by atoms with Crippen LogP contribution in [0.2, 0.25) is 0 Å². The van der Waals surface area contributed by atoms with Gasteiger partial charge in [-0.25, -0.2) is 0 Å². The molecule has 3 rings (SSSR count). The van der Waals surface area contributed by atoms with Gasteiger partial charge in [-0.05, 0) is 42.0 Å². The molecule has 0 spiro atoms. The minimum Gasteiger partial charge on any atom is -0.497 e. The number of halogens is 2. The summed E-state index contributed by atoms with van der Waals surface area (Å²) in [7, 11) is 1.64. The summed E-state index contributed by atoms with van der Waals surface area (Å²) in [6, 6.07) is 14.2. The van der Waals surface area contributed by atoms with Crippen LogP contribution < -0.4 is 9.47 Å². The molecule has 0 atom stereocenters. The summed E-state index contributed by atoms with van der Waals surface area (Å²) < 4.78 is 36.2. The van der Waals surface area contributed by atoms with E-state index in [2.05, 4.69) is 21.5 Å². The Hall–Kier alpha value is -2.87. The number of allylic oxidation sites excluding steroid dienone is 1. The molecule has 8 heteroatoms. The third-order valence-electron chi connectivity index (χ3n) is 3.87. The van der Waals surface area contributed by atoms with Crippen LogP contribution in [0, 0.1) is 0 Å². The second-order valence-corrected chi connectivity index (χ2v) is 6.69. The van der Waals surface area contributed by atoms with E-state index >= 15 is 0 Å². The second kappa shape index (κ2) is 9.36. The highest BCUT2D eigenvalue weighted by Gasteiger charge is 2.14. The van der Waals surface area contributed by atoms with E-state index in [4.69, 9.17) is 4.74 Å². The average molecular weight is 403 g/mol. The van der Waals surface area contributed by atoms with Crippen LogP contribution in [-0.4, -0.2) is 28.5 Å². The monoisotopic (exact) mass is 403 g/mol. The quantitative estimate of drug-likeness (QED) is 0.370. The summed E-state index contributed by atoms with van der Waals surface area (Å²) in [4.78, 5) is 0.